The Hall–Kier alpha value is -5.88. The molecule has 1 spiro atoms. The number of alkyl carbamates (subject to hydrolysis) is 2. The zero-order valence-corrected chi connectivity index (χ0v) is 34.6. The van der Waals surface area contributed by atoms with Crippen molar-refractivity contribution >= 4 is 35.0 Å². The van der Waals surface area contributed by atoms with Crippen molar-refractivity contribution in [3.05, 3.63) is 71.4 Å². The molecule has 3 aliphatic rings. The van der Waals surface area contributed by atoms with Crippen molar-refractivity contribution < 1.29 is 33.4 Å². The van der Waals surface area contributed by atoms with Gasteiger partial charge in [-0.1, -0.05) is 51.7 Å². The first-order valence-electron chi connectivity index (χ1n) is 20.4. The monoisotopic (exact) mass is 806 g/mol. The lowest BCUT2D eigenvalue weighted by atomic mass is 9.80. The molecule has 15 nitrogen and oxygen atoms in total. The fraction of sp³-hybridized carbons (Fsp3) is 0.500. The molecule has 4 amide bonds. The van der Waals surface area contributed by atoms with Crippen molar-refractivity contribution in [2.45, 2.75) is 84.0 Å². The smallest absolute Gasteiger partial charge is 0.407 e. The van der Waals surface area contributed by atoms with Crippen molar-refractivity contribution in [2.75, 3.05) is 40.5 Å². The van der Waals surface area contributed by atoms with Crippen LogP contribution in [-0.2, 0) is 23.8 Å². The standard InChI is InChI=1S/C44H54N8O7/c1-26(2)36(49-42(55)57-5)40(53)51-19-7-9-34(51)38-45-23-33(48-38)30-15-12-28(13-16-30)10-11-29-14-17-31-32(21-29)47-39(46-31)35-22-44(18-8-20-59-25-44)24-52(35)41(54)37(27(3)4)50-43(56)58-6/h12-17,21,23,26-27,34-37H,7-9,18-20,22,24-25H2,1-6H3,(H,45,48)(H,46,47)(H,49,55)(H,50,56)/t34-,35-,36-,37-,44-/m0/s1. The van der Waals surface area contributed by atoms with Gasteiger partial charge in [-0.15, -0.1) is 0 Å². The molecular formula is C44H54N8O7. The van der Waals surface area contributed by atoms with Gasteiger partial charge in [0.1, 0.15) is 23.7 Å². The molecule has 4 N–H and O–H groups in total. The Morgan fingerprint density at radius 2 is 1.51 bits per heavy atom. The average Bonchev–Trinajstić information content (AvgIpc) is 4.06. The van der Waals surface area contributed by atoms with Gasteiger partial charge in [-0.2, -0.15) is 0 Å². The van der Waals surface area contributed by atoms with Crippen molar-refractivity contribution in [1.29, 1.82) is 0 Å². The van der Waals surface area contributed by atoms with Crippen molar-refractivity contribution in [2.24, 2.45) is 17.3 Å². The number of nitrogens with zero attached hydrogens (tertiary/aromatic N) is 4. The third-order valence-corrected chi connectivity index (χ3v) is 11.8. The number of methoxy groups -OCH3 is 2. The van der Waals surface area contributed by atoms with E-state index in [1.165, 1.54) is 14.2 Å². The van der Waals surface area contributed by atoms with Gasteiger partial charge in [0.15, 0.2) is 0 Å². The maximum Gasteiger partial charge on any atom is 0.407 e. The lowest BCUT2D eigenvalue weighted by Crippen LogP contribution is -2.51. The third-order valence-electron chi connectivity index (χ3n) is 11.8. The second-order valence-electron chi connectivity index (χ2n) is 16.6. The van der Waals surface area contributed by atoms with E-state index in [9.17, 15) is 19.2 Å². The van der Waals surface area contributed by atoms with Crippen molar-refractivity contribution in [3.63, 3.8) is 0 Å². The highest BCUT2D eigenvalue weighted by molar-refractivity contribution is 5.87. The number of hydrogen-bond donors (Lipinski definition) is 4. The largest absolute Gasteiger partial charge is 0.453 e. The first-order valence-corrected chi connectivity index (χ1v) is 20.4. The van der Waals surface area contributed by atoms with Crippen LogP contribution in [0.3, 0.4) is 0 Å². The average molecular weight is 807 g/mol. The number of amides is 4. The van der Waals surface area contributed by atoms with Gasteiger partial charge in [0.2, 0.25) is 11.8 Å². The zero-order valence-electron chi connectivity index (χ0n) is 34.6. The van der Waals surface area contributed by atoms with Crippen LogP contribution in [0.4, 0.5) is 9.59 Å². The molecule has 59 heavy (non-hydrogen) atoms. The molecule has 3 aliphatic heterocycles. The van der Waals surface area contributed by atoms with E-state index in [1.54, 1.807) is 11.1 Å². The Morgan fingerprint density at radius 1 is 0.847 bits per heavy atom. The number of imidazole rings is 2. The van der Waals surface area contributed by atoms with Gasteiger partial charge in [-0.3, -0.25) is 9.59 Å². The molecule has 7 rings (SSSR count). The van der Waals surface area contributed by atoms with E-state index in [0.29, 0.717) is 44.4 Å². The number of likely N-dealkylation sites (tertiary alicyclic amines) is 2. The molecular weight excluding hydrogens is 753 g/mol. The molecule has 15 heteroatoms. The van der Waals surface area contributed by atoms with Gasteiger partial charge in [-0.25, -0.2) is 19.6 Å². The van der Waals surface area contributed by atoms with Crippen LogP contribution in [0.2, 0.25) is 0 Å². The summed E-state index contributed by atoms with van der Waals surface area (Å²) in [5, 5.41) is 5.44. The van der Waals surface area contributed by atoms with Crippen LogP contribution >= 0.6 is 0 Å². The highest BCUT2D eigenvalue weighted by atomic mass is 16.5. The van der Waals surface area contributed by atoms with Gasteiger partial charge in [0.05, 0.1) is 55.8 Å². The van der Waals surface area contributed by atoms with E-state index >= 15 is 0 Å². The Kier molecular flexibility index (Phi) is 12.3. The van der Waals surface area contributed by atoms with Crippen molar-refractivity contribution in [3.8, 4) is 23.1 Å². The number of ether oxygens (including phenoxy) is 3. The second kappa shape index (κ2) is 17.5. The van der Waals surface area contributed by atoms with Gasteiger partial charge in [-0.05, 0) is 79.8 Å². The molecule has 2 aromatic heterocycles. The van der Waals surface area contributed by atoms with Crippen molar-refractivity contribution in [1.82, 2.24) is 40.4 Å². The SMILES string of the molecule is COC(=O)N[C@H](C(=O)N1CCC[C@H]1c1ncc(-c2ccc(C#Cc3ccc4nc([C@@H]5C[C@@]6(CCCOC6)CN5C(=O)[C@@H](NC(=O)OC)C(C)C)[nH]c4c3)cc2)[nH]1)C(C)C. The summed E-state index contributed by atoms with van der Waals surface area (Å²) in [5.41, 5.74) is 4.83. The number of hydrogen-bond acceptors (Lipinski definition) is 9. The number of aromatic amines is 2. The predicted molar refractivity (Wildman–Crippen MR) is 220 cm³/mol. The summed E-state index contributed by atoms with van der Waals surface area (Å²) < 4.78 is 15.5. The van der Waals surface area contributed by atoms with Crippen LogP contribution in [-0.4, -0.2) is 106 Å². The summed E-state index contributed by atoms with van der Waals surface area (Å²) in [6.07, 6.45) is 4.70. The van der Waals surface area contributed by atoms with E-state index in [2.05, 4.69) is 37.4 Å². The summed E-state index contributed by atoms with van der Waals surface area (Å²) in [6.45, 7) is 10.0. The highest BCUT2D eigenvalue weighted by Gasteiger charge is 2.50. The Balaban J connectivity index is 1.05. The number of aromatic nitrogens is 4. The highest BCUT2D eigenvalue weighted by Crippen LogP contribution is 2.47. The summed E-state index contributed by atoms with van der Waals surface area (Å²) in [7, 11) is 2.58. The maximum atomic E-state index is 14.1. The predicted octanol–water partition coefficient (Wildman–Crippen LogP) is 5.85. The molecule has 5 heterocycles. The quantitative estimate of drug-likeness (QED) is 0.151. The fourth-order valence-electron chi connectivity index (χ4n) is 8.59. The number of fused-ring (bicyclic) bond motifs is 1. The molecule has 3 fully saturated rings. The summed E-state index contributed by atoms with van der Waals surface area (Å²) in [6, 6.07) is 11.8. The normalized spacial score (nSPS) is 21.4. The lowest BCUT2D eigenvalue weighted by molar-refractivity contribution is -0.136. The van der Waals surface area contributed by atoms with E-state index in [-0.39, 0.29) is 41.1 Å². The topological polar surface area (TPSA) is 184 Å². The zero-order chi connectivity index (χ0) is 41.8. The van der Waals surface area contributed by atoms with Crippen LogP contribution in [0.1, 0.15) is 94.7 Å². The Labute approximate surface area is 344 Å². The van der Waals surface area contributed by atoms with Gasteiger partial charge >= 0.3 is 12.2 Å². The Morgan fingerprint density at radius 3 is 2.15 bits per heavy atom. The van der Waals surface area contributed by atoms with Gasteiger partial charge in [0.25, 0.3) is 0 Å². The molecule has 0 saturated carbocycles. The van der Waals surface area contributed by atoms with Crippen LogP contribution in [0, 0.1) is 29.1 Å². The number of rotatable bonds is 9. The molecule has 312 valence electrons. The molecule has 0 aliphatic carbocycles. The summed E-state index contributed by atoms with van der Waals surface area (Å²) in [5.74, 6) is 7.38. The minimum absolute atomic E-state index is 0.113. The molecule has 2 aromatic carbocycles. The number of nitrogens with one attached hydrogen (secondary N) is 4. The number of H-pyrrole nitrogens is 2. The summed E-state index contributed by atoms with van der Waals surface area (Å²) >= 11 is 0. The molecule has 0 unspecified atom stereocenters. The van der Waals surface area contributed by atoms with E-state index < -0.39 is 24.3 Å². The summed E-state index contributed by atoms with van der Waals surface area (Å²) in [4.78, 5) is 72.0. The van der Waals surface area contributed by atoms with Crippen LogP contribution in [0.25, 0.3) is 22.3 Å². The lowest BCUT2D eigenvalue weighted by Gasteiger charge is -2.33. The Bertz CT molecular complexity index is 2230. The van der Waals surface area contributed by atoms with Gasteiger partial charge < -0.3 is 44.6 Å². The maximum absolute atomic E-state index is 14.1. The van der Waals surface area contributed by atoms with Crippen LogP contribution in [0.5, 0.6) is 0 Å². The van der Waals surface area contributed by atoms with E-state index in [1.807, 2.05) is 75.1 Å². The molecule has 5 atom stereocenters. The molecule has 4 aromatic rings. The van der Waals surface area contributed by atoms with Crippen LogP contribution in [0.15, 0.2) is 48.7 Å². The fourth-order valence-corrected chi connectivity index (χ4v) is 8.59. The molecule has 0 radical (unpaired) electrons. The van der Waals surface area contributed by atoms with E-state index in [4.69, 9.17) is 19.2 Å². The number of benzene rings is 2. The minimum Gasteiger partial charge on any atom is -0.453 e. The van der Waals surface area contributed by atoms with Gasteiger partial charge in [0, 0.05) is 36.2 Å². The first-order chi connectivity index (χ1) is 28.4. The number of carbonyl (C=O) groups is 4. The molecule has 0 bridgehead atoms. The van der Waals surface area contributed by atoms with E-state index in [0.717, 1.165) is 59.1 Å². The third kappa shape index (κ3) is 8.92. The van der Waals surface area contributed by atoms with Crippen LogP contribution < -0.4 is 10.6 Å². The molecule has 3 saturated heterocycles. The number of carbonyl (C=O) groups excluding carboxylic acids is 4. The first kappa shape index (κ1) is 41.3. The minimum atomic E-state index is -0.746. The second-order valence-corrected chi connectivity index (χ2v) is 16.6.